The molecule has 0 radical (unpaired) electrons. The minimum atomic E-state index is -1.08. The lowest BCUT2D eigenvalue weighted by atomic mass is 9.85. The van der Waals surface area contributed by atoms with Gasteiger partial charge in [-0.15, -0.1) is 0 Å². The van der Waals surface area contributed by atoms with Gasteiger partial charge in [0.2, 0.25) is 0 Å². The molecule has 1 fully saturated rings. The van der Waals surface area contributed by atoms with Crippen molar-refractivity contribution in [2.75, 3.05) is 13.1 Å². The fraction of sp³-hybridized carbons (Fsp3) is 0.333. The van der Waals surface area contributed by atoms with Crippen molar-refractivity contribution in [3.05, 3.63) is 70.5 Å². The van der Waals surface area contributed by atoms with E-state index in [0.29, 0.717) is 6.54 Å². The van der Waals surface area contributed by atoms with Crippen molar-refractivity contribution in [2.24, 2.45) is 0 Å². The van der Waals surface area contributed by atoms with Crippen molar-refractivity contribution >= 4 is 11.9 Å². The van der Waals surface area contributed by atoms with E-state index in [0.717, 1.165) is 31.1 Å². The van der Waals surface area contributed by atoms with Gasteiger partial charge < -0.3 is 19.9 Å². The lowest BCUT2D eigenvalue weighted by molar-refractivity contribution is -0.918. The van der Waals surface area contributed by atoms with Gasteiger partial charge in [-0.1, -0.05) is 17.9 Å². The molecular formula is C24H24FNO4. The van der Waals surface area contributed by atoms with Crippen LogP contribution in [0.3, 0.4) is 0 Å². The van der Waals surface area contributed by atoms with Crippen LogP contribution in [-0.2, 0) is 21.5 Å². The minimum absolute atomic E-state index is 0.217. The third kappa shape index (κ3) is 5.68. The summed E-state index contributed by atoms with van der Waals surface area (Å²) in [6, 6.07) is 12.6. The third-order valence-corrected chi connectivity index (χ3v) is 5.45. The number of carbonyl (C=O) groups excluding carboxylic acids is 1. The van der Waals surface area contributed by atoms with E-state index in [2.05, 4.69) is 24.0 Å². The summed E-state index contributed by atoms with van der Waals surface area (Å²) in [5.74, 6) is 4.23. The van der Waals surface area contributed by atoms with Crippen molar-refractivity contribution in [2.45, 2.75) is 38.1 Å². The third-order valence-electron chi connectivity index (χ3n) is 5.45. The maximum atomic E-state index is 13.0. The average Bonchev–Trinajstić information content (AvgIpc) is 3.45. The maximum Gasteiger partial charge on any atom is 0.309 e. The highest BCUT2D eigenvalue weighted by Crippen LogP contribution is 2.49. The van der Waals surface area contributed by atoms with Gasteiger partial charge in [0.05, 0.1) is 19.5 Å². The number of carbonyl (C=O) groups is 2. The Bertz CT molecular complexity index is 996. The second-order valence-electron chi connectivity index (χ2n) is 7.90. The maximum absolute atomic E-state index is 13.0. The Balaban J connectivity index is 0.000000589. The van der Waals surface area contributed by atoms with Crippen LogP contribution in [-0.4, -0.2) is 30.1 Å². The quantitative estimate of drug-likeness (QED) is 0.738. The Kier molecular flexibility index (Phi) is 6.53. The Morgan fingerprint density at radius 1 is 1.13 bits per heavy atom. The highest BCUT2D eigenvalue weighted by molar-refractivity contribution is 5.66. The summed E-state index contributed by atoms with van der Waals surface area (Å²) in [5.41, 5.74) is 4.71. The van der Waals surface area contributed by atoms with E-state index in [1.807, 2.05) is 6.07 Å². The van der Waals surface area contributed by atoms with Crippen LogP contribution in [0.4, 0.5) is 4.39 Å². The van der Waals surface area contributed by atoms with Crippen molar-refractivity contribution < 1.29 is 29.1 Å². The number of halogens is 1. The second kappa shape index (κ2) is 9.10. The van der Waals surface area contributed by atoms with Crippen LogP contribution in [0.1, 0.15) is 48.4 Å². The van der Waals surface area contributed by atoms with E-state index >= 15 is 0 Å². The fourth-order valence-electron chi connectivity index (χ4n) is 3.94. The Hall–Kier alpha value is -3.17. The Morgan fingerprint density at radius 3 is 2.33 bits per heavy atom. The van der Waals surface area contributed by atoms with Gasteiger partial charge in [-0.05, 0) is 61.7 Å². The smallest absolute Gasteiger partial charge is 0.309 e. The van der Waals surface area contributed by atoms with E-state index in [1.54, 1.807) is 12.1 Å². The molecule has 30 heavy (non-hydrogen) atoms. The van der Waals surface area contributed by atoms with Gasteiger partial charge in [-0.25, -0.2) is 4.39 Å². The van der Waals surface area contributed by atoms with Crippen molar-refractivity contribution in [1.82, 2.24) is 0 Å². The van der Waals surface area contributed by atoms with E-state index < -0.39 is 11.9 Å². The largest absolute Gasteiger partial charge is 0.550 e. The van der Waals surface area contributed by atoms with Gasteiger partial charge >= 0.3 is 5.97 Å². The van der Waals surface area contributed by atoms with Gasteiger partial charge in [0.15, 0.2) is 0 Å². The van der Waals surface area contributed by atoms with Gasteiger partial charge in [-0.3, -0.25) is 4.79 Å². The summed E-state index contributed by atoms with van der Waals surface area (Å²) in [6.45, 7) is 3.56. The molecule has 2 aliphatic rings. The van der Waals surface area contributed by atoms with Crippen LogP contribution in [0.5, 0.6) is 0 Å². The summed E-state index contributed by atoms with van der Waals surface area (Å²) in [5, 5.41) is 17.8. The number of hydrogen-bond acceptors (Lipinski definition) is 3. The molecule has 5 nitrogen and oxygen atoms in total. The van der Waals surface area contributed by atoms with E-state index in [9.17, 15) is 9.18 Å². The topological polar surface area (TPSA) is 81.9 Å². The van der Waals surface area contributed by atoms with Crippen LogP contribution in [0.25, 0.3) is 0 Å². The summed E-state index contributed by atoms with van der Waals surface area (Å²) < 4.78 is 13.0. The van der Waals surface area contributed by atoms with E-state index in [-0.39, 0.29) is 17.7 Å². The molecule has 0 saturated heterocycles. The van der Waals surface area contributed by atoms with Gasteiger partial charge in [-0.2, -0.15) is 0 Å². The van der Waals surface area contributed by atoms with Gasteiger partial charge in [0.25, 0.3) is 0 Å². The lowest BCUT2D eigenvalue weighted by Crippen LogP contribution is -3.12. The van der Waals surface area contributed by atoms with Crippen LogP contribution < -0.4 is 10.0 Å². The lowest BCUT2D eigenvalue weighted by Gasteiger charge is -2.32. The highest BCUT2D eigenvalue weighted by atomic mass is 19.1. The molecule has 156 valence electrons. The van der Waals surface area contributed by atoms with Crippen LogP contribution in [0.2, 0.25) is 0 Å². The zero-order chi connectivity index (χ0) is 21.7. The molecule has 1 aliphatic carbocycles. The molecule has 6 heteroatoms. The molecule has 1 unspecified atom stereocenters. The molecule has 0 bridgehead atoms. The number of aliphatic carboxylic acids is 2. The SMILES string of the molecule is CC(=O)[O-].O=C(O)CC[NH+]1Cc2ccc(C#Cc3ccc(F)cc3)cc2C2(CC2)C1. The predicted octanol–water partition coefficient (Wildman–Crippen LogP) is 0.887. The molecule has 1 heterocycles. The molecule has 2 aromatic carbocycles. The average molecular weight is 409 g/mol. The molecule has 4 rings (SSSR count). The highest BCUT2D eigenvalue weighted by Gasteiger charge is 2.51. The summed E-state index contributed by atoms with van der Waals surface area (Å²) >= 11 is 0. The molecular weight excluding hydrogens is 385 g/mol. The van der Waals surface area contributed by atoms with Gasteiger partial charge in [0, 0.05) is 28.1 Å². The second-order valence-corrected chi connectivity index (χ2v) is 7.90. The summed E-state index contributed by atoms with van der Waals surface area (Å²) in [6.07, 6.45) is 2.57. The summed E-state index contributed by atoms with van der Waals surface area (Å²) in [4.78, 5) is 21.1. The van der Waals surface area contributed by atoms with Crippen LogP contribution >= 0.6 is 0 Å². The normalized spacial score (nSPS) is 17.6. The molecule has 1 aliphatic heterocycles. The molecule has 0 aromatic heterocycles. The molecule has 1 spiro atoms. The first-order valence-electron chi connectivity index (χ1n) is 9.91. The molecule has 2 aromatic rings. The number of fused-ring (bicyclic) bond motifs is 2. The van der Waals surface area contributed by atoms with Crippen LogP contribution in [0, 0.1) is 17.7 Å². The standard InChI is InChI=1S/C22H20FNO2.C2H4O2/c23-19-7-4-16(5-8-19)1-2-17-3-6-18-14-24(12-9-21(25)26)15-22(10-11-22)20(18)13-17;1-2(3)4/h3-8,13H,9-12,14-15H2,(H,25,26);1H3,(H,3,4). The molecule has 1 saturated carbocycles. The van der Waals surface area contributed by atoms with Gasteiger partial charge in [0.1, 0.15) is 12.4 Å². The van der Waals surface area contributed by atoms with E-state index in [1.165, 1.54) is 41.0 Å². The zero-order valence-corrected chi connectivity index (χ0v) is 16.8. The van der Waals surface area contributed by atoms with Crippen molar-refractivity contribution in [1.29, 1.82) is 0 Å². The van der Waals surface area contributed by atoms with Crippen molar-refractivity contribution in [3.63, 3.8) is 0 Å². The number of rotatable bonds is 3. The Labute approximate surface area is 175 Å². The molecule has 2 N–H and O–H groups in total. The number of carboxylic acid groups (broad SMARTS) is 2. The first kappa shape index (κ1) is 21.5. The number of hydrogen-bond donors (Lipinski definition) is 2. The van der Waals surface area contributed by atoms with Crippen molar-refractivity contribution in [3.8, 4) is 11.8 Å². The first-order chi connectivity index (χ1) is 14.3. The predicted molar refractivity (Wildman–Crippen MR) is 107 cm³/mol. The monoisotopic (exact) mass is 409 g/mol. The molecule has 0 amide bonds. The fourth-order valence-corrected chi connectivity index (χ4v) is 3.94. The number of benzene rings is 2. The number of carboxylic acids is 2. The Morgan fingerprint density at radius 2 is 1.73 bits per heavy atom. The van der Waals surface area contributed by atoms with Crippen LogP contribution in [0.15, 0.2) is 42.5 Å². The number of quaternary nitrogens is 1. The number of nitrogens with one attached hydrogen (secondary N) is 1. The van der Waals surface area contributed by atoms with E-state index in [4.69, 9.17) is 15.0 Å². The summed E-state index contributed by atoms with van der Waals surface area (Å²) in [7, 11) is 0. The minimum Gasteiger partial charge on any atom is -0.550 e. The first-order valence-corrected chi connectivity index (χ1v) is 9.91. The zero-order valence-electron chi connectivity index (χ0n) is 16.8. The molecule has 1 atom stereocenters.